The summed E-state index contributed by atoms with van der Waals surface area (Å²) in [5, 5.41) is 4.46. The van der Waals surface area contributed by atoms with Gasteiger partial charge in [0.15, 0.2) is 0 Å². The fraction of sp³-hybridized carbons (Fsp3) is 0.304. The van der Waals surface area contributed by atoms with Crippen molar-refractivity contribution in [1.82, 2.24) is 9.88 Å². The molecule has 6 heteroatoms. The van der Waals surface area contributed by atoms with Crippen molar-refractivity contribution in [1.29, 1.82) is 0 Å². The SMILES string of the molecule is COc1cccc(NC(=O)N(Cc2cc3ccc(C)c(C)c3nc2Cl)C2CC2)c1. The summed E-state index contributed by atoms with van der Waals surface area (Å²) in [6.45, 7) is 4.55. The third-order valence-electron chi connectivity index (χ3n) is 5.45. The summed E-state index contributed by atoms with van der Waals surface area (Å²) in [5.41, 5.74) is 4.79. The highest BCUT2D eigenvalue weighted by molar-refractivity contribution is 6.30. The molecule has 1 saturated carbocycles. The smallest absolute Gasteiger partial charge is 0.322 e. The minimum atomic E-state index is -0.142. The molecule has 2 amide bonds. The van der Waals surface area contributed by atoms with Gasteiger partial charge in [-0.25, -0.2) is 9.78 Å². The highest BCUT2D eigenvalue weighted by Gasteiger charge is 2.33. The van der Waals surface area contributed by atoms with Crippen LogP contribution >= 0.6 is 11.6 Å². The number of halogens is 1. The highest BCUT2D eigenvalue weighted by atomic mass is 35.5. The van der Waals surface area contributed by atoms with E-state index in [1.54, 1.807) is 13.2 Å². The van der Waals surface area contributed by atoms with E-state index >= 15 is 0 Å². The molecule has 0 radical (unpaired) electrons. The fourth-order valence-electron chi connectivity index (χ4n) is 3.45. The summed E-state index contributed by atoms with van der Waals surface area (Å²) >= 11 is 6.52. The van der Waals surface area contributed by atoms with Crippen molar-refractivity contribution >= 4 is 34.2 Å². The number of aromatic nitrogens is 1. The largest absolute Gasteiger partial charge is 0.497 e. The molecular weight excluding hydrogens is 386 g/mol. The third-order valence-corrected chi connectivity index (χ3v) is 5.78. The molecule has 1 N–H and O–H groups in total. The zero-order valence-electron chi connectivity index (χ0n) is 16.8. The Balaban J connectivity index is 1.59. The van der Waals surface area contributed by atoms with Crippen LogP contribution in [0.1, 0.15) is 29.5 Å². The maximum absolute atomic E-state index is 13.0. The van der Waals surface area contributed by atoms with Crippen LogP contribution in [0.2, 0.25) is 5.15 Å². The average Bonchev–Trinajstić information content (AvgIpc) is 3.55. The van der Waals surface area contributed by atoms with Gasteiger partial charge in [-0.3, -0.25) is 0 Å². The summed E-state index contributed by atoms with van der Waals surface area (Å²) in [6, 6.07) is 13.6. The number of nitrogens with zero attached hydrogens (tertiary/aromatic N) is 2. The molecule has 0 spiro atoms. The highest BCUT2D eigenvalue weighted by Crippen LogP contribution is 2.32. The number of ether oxygens (including phenoxy) is 1. The van der Waals surface area contributed by atoms with Crippen molar-refractivity contribution in [2.45, 2.75) is 39.3 Å². The van der Waals surface area contributed by atoms with E-state index in [2.05, 4.69) is 36.3 Å². The van der Waals surface area contributed by atoms with Gasteiger partial charge in [0.25, 0.3) is 0 Å². The van der Waals surface area contributed by atoms with Crippen LogP contribution in [0.3, 0.4) is 0 Å². The second-order valence-corrected chi connectivity index (χ2v) is 7.90. The lowest BCUT2D eigenvalue weighted by Crippen LogP contribution is -2.36. The van der Waals surface area contributed by atoms with Gasteiger partial charge in [-0.1, -0.05) is 29.8 Å². The molecule has 4 rings (SSSR count). The Hall–Kier alpha value is -2.79. The number of hydrogen-bond donors (Lipinski definition) is 1. The van der Waals surface area contributed by atoms with Gasteiger partial charge in [-0.05, 0) is 56.0 Å². The number of benzene rings is 2. The van der Waals surface area contributed by atoms with Crippen molar-refractivity contribution in [2.75, 3.05) is 12.4 Å². The lowest BCUT2D eigenvalue weighted by Gasteiger charge is -2.24. The van der Waals surface area contributed by atoms with E-state index in [1.165, 1.54) is 5.56 Å². The van der Waals surface area contributed by atoms with Crippen LogP contribution in [0.4, 0.5) is 10.5 Å². The number of fused-ring (bicyclic) bond motifs is 1. The van der Waals surface area contributed by atoms with E-state index in [1.807, 2.05) is 29.2 Å². The summed E-state index contributed by atoms with van der Waals surface area (Å²) in [5.74, 6) is 0.702. The number of carbonyl (C=O) groups excluding carboxylic acids is 1. The van der Waals surface area contributed by atoms with Gasteiger partial charge >= 0.3 is 6.03 Å². The van der Waals surface area contributed by atoms with Crippen LogP contribution in [0, 0.1) is 13.8 Å². The predicted octanol–water partition coefficient (Wildman–Crippen LogP) is 5.71. The summed E-state index contributed by atoms with van der Waals surface area (Å²) < 4.78 is 5.24. The molecule has 0 atom stereocenters. The lowest BCUT2D eigenvalue weighted by atomic mass is 10.0. The van der Waals surface area contributed by atoms with Crippen LogP contribution in [0.25, 0.3) is 10.9 Å². The van der Waals surface area contributed by atoms with Gasteiger partial charge in [0.2, 0.25) is 0 Å². The molecular formula is C23H24ClN3O2. The van der Waals surface area contributed by atoms with E-state index < -0.39 is 0 Å². The molecule has 1 aliphatic carbocycles. The zero-order chi connectivity index (χ0) is 20.5. The van der Waals surface area contributed by atoms with Gasteiger partial charge in [-0.2, -0.15) is 0 Å². The fourth-order valence-corrected chi connectivity index (χ4v) is 3.65. The van der Waals surface area contributed by atoms with Crippen LogP contribution in [0.5, 0.6) is 5.75 Å². The summed E-state index contributed by atoms with van der Waals surface area (Å²) in [4.78, 5) is 19.5. The predicted molar refractivity (Wildman–Crippen MR) is 117 cm³/mol. The van der Waals surface area contributed by atoms with Crippen molar-refractivity contribution in [3.05, 3.63) is 64.3 Å². The number of aryl methyl sites for hydroxylation is 2. The molecule has 1 fully saturated rings. The Labute approximate surface area is 175 Å². The van der Waals surface area contributed by atoms with Crippen LogP contribution in [-0.4, -0.2) is 29.1 Å². The number of pyridine rings is 1. The molecule has 1 heterocycles. The van der Waals surface area contributed by atoms with E-state index in [0.717, 1.165) is 34.9 Å². The molecule has 29 heavy (non-hydrogen) atoms. The second-order valence-electron chi connectivity index (χ2n) is 7.54. The Morgan fingerprint density at radius 3 is 2.76 bits per heavy atom. The van der Waals surface area contributed by atoms with Crippen molar-refractivity contribution in [2.24, 2.45) is 0 Å². The van der Waals surface area contributed by atoms with E-state index in [0.29, 0.717) is 23.1 Å². The number of urea groups is 1. The Morgan fingerprint density at radius 1 is 1.24 bits per heavy atom. The van der Waals surface area contributed by atoms with Crippen LogP contribution in [-0.2, 0) is 6.54 Å². The Kier molecular flexibility index (Phi) is 5.33. The van der Waals surface area contributed by atoms with Crippen LogP contribution in [0.15, 0.2) is 42.5 Å². The molecule has 150 valence electrons. The van der Waals surface area contributed by atoms with Crippen molar-refractivity contribution < 1.29 is 9.53 Å². The molecule has 0 saturated heterocycles. The van der Waals surface area contributed by atoms with Crippen molar-refractivity contribution in [3.8, 4) is 5.75 Å². The molecule has 1 aromatic heterocycles. The molecule has 0 bridgehead atoms. The number of hydrogen-bond acceptors (Lipinski definition) is 3. The summed E-state index contributed by atoms with van der Waals surface area (Å²) in [7, 11) is 1.61. The monoisotopic (exact) mass is 409 g/mol. The number of methoxy groups -OCH3 is 1. The van der Waals surface area contributed by atoms with Gasteiger partial charge in [0, 0.05) is 28.7 Å². The van der Waals surface area contributed by atoms with Gasteiger partial charge in [0.05, 0.1) is 19.2 Å². The van der Waals surface area contributed by atoms with E-state index in [-0.39, 0.29) is 12.1 Å². The minimum absolute atomic E-state index is 0.142. The molecule has 3 aromatic rings. The standard InChI is InChI=1S/C23H24ClN3O2/c1-14-7-8-16-11-17(22(24)26-21(16)15(14)2)13-27(19-9-10-19)23(28)25-18-5-4-6-20(12-18)29-3/h4-8,11-12,19H,9-10,13H2,1-3H3,(H,25,28). The molecule has 1 aliphatic rings. The first-order chi connectivity index (χ1) is 14.0. The number of amides is 2. The first-order valence-corrected chi connectivity index (χ1v) is 10.1. The van der Waals surface area contributed by atoms with E-state index in [9.17, 15) is 4.79 Å². The number of carbonyl (C=O) groups is 1. The minimum Gasteiger partial charge on any atom is -0.497 e. The van der Waals surface area contributed by atoms with Crippen LogP contribution < -0.4 is 10.1 Å². The Morgan fingerprint density at radius 2 is 2.03 bits per heavy atom. The first kappa shape index (κ1) is 19.5. The first-order valence-electron chi connectivity index (χ1n) is 9.73. The topological polar surface area (TPSA) is 54.5 Å². The summed E-state index contributed by atoms with van der Waals surface area (Å²) in [6.07, 6.45) is 2.00. The van der Waals surface area contributed by atoms with Gasteiger partial charge < -0.3 is 15.0 Å². The van der Waals surface area contributed by atoms with Gasteiger partial charge in [-0.15, -0.1) is 0 Å². The molecule has 0 unspecified atom stereocenters. The zero-order valence-corrected chi connectivity index (χ0v) is 17.6. The number of rotatable bonds is 5. The average molecular weight is 410 g/mol. The third kappa shape index (κ3) is 4.15. The molecule has 0 aliphatic heterocycles. The van der Waals surface area contributed by atoms with Gasteiger partial charge in [0.1, 0.15) is 10.9 Å². The normalized spacial score (nSPS) is 13.4. The maximum Gasteiger partial charge on any atom is 0.322 e. The molecule has 5 nitrogen and oxygen atoms in total. The second kappa shape index (κ2) is 7.91. The maximum atomic E-state index is 13.0. The Bertz CT molecular complexity index is 1080. The van der Waals surface area contributed by atoms with E-state index in [4.69, 9.17) is 16.3 Å². The quantitative estimate of drug-likeness (QED) is 0.549. The number of nitrogens with one attached hydrogen (secondary N) is 1. The van der Waals surface area contributed by atoms with Crippen molar-refractivity contribution in [3.63, 3.8) is 0 Å². The number of anilines is 1. The lowest BCUT2D eigenvalue weighted by molar-refractivity contribution is 0.206. The molecule has 2 aromatic carbocycles.